The Morgan fingerprint density at radius 3 is 2.54 bits per heavy atom. The van der Waals surface area contributed by atoms with Gasteiger partial charge in [0, 0.05) is 41.7 Å². The molecule has 9 heteroatoms. The summed E-state index contributed by atoms with van der Waals surface area (Å²) in [5.41, 5.74) is 2.60. The van der Waals surface area contributed by atoms with Crippen molar-refractivity contribution in [3.05, 3.63) is 71.0 Å². The molecule has 0 fully saturated rings. The van der Waals surface area contributed by atoms with Crippen LogP contribution in [-0.2, 0) is 0 Å². The quantitative estimate of drug-likeness (QED) is 0.355. The maximum Gasteiger partial charge on any atom is 0.251 e. The van der Waals surface area contributed by atoms with E-state index in [0.29, 0.717) is 27.5 Å². The molecule has 2 aromatic heterocycles. The second-order valence-corrected chi connectivity index (χ2v) is 8.81. The number of methoxy groups -OCH3 is 2. The van der Waals surface area contributed by atoms with Crippen molar-refractivity contribution in [1.82, 2.24) is 10.3 Å². The minimum absolute atomic E-state index is 0.203. The van der Waals surface area contributed by atoms with E-state index in [1.165, 1.54) is 31.6 Å². The first-order valence-corrected chi connectivity index (χ1v) is 11.6. The maximum atomic E-state index is 14.2. The van der Waals surface area contributed by atoms with Crippen LogP contribution < -0.4 is 19.7 Å². The lowest BCUT2D eigenvalue weighted by atomic mass is 10.1. The second-order valence-electron chi connectivity index (χ2n) is 7.93. The van der Waals surface area contributed by atoms with Crippen molar-refractivity contribution in [2.45, 2.75) is 0 Å². The van der Waals surface area contributed by atoms with Gasteiger partial charge in [0.15, 0.2) is 17.3 Å². The molecule has 0 radical (unpaired) electrons. The number of benzene rings is 2. The SMILES string of the molecule is COc1ccc(C(=O)NCC(=O)c2cc(N(C)C)cc(-c3csc4c(F)cccc34)n2)cc1OC. The number of ketones is 1. The van der Waals surface area contributed by atoms with E-state index in [0.717, 1.165) is 16.6 Å². The van der Waals surface area contributed by atoms with Gasteiger partial charge in [0.1, 0.15) is 11.5 Å². The van der Waals surface area contributed by atoms with E-state index in [1.807, 2.05) is 36.5 Å². The fourth-order valence-corrected chi connectivity index (χ4v) is 4.58. The predicted octanol–water partition coefficient (Wildman–Crippen LogP) is 4.80. The van der Waals surface area contributed by atoms with Gasteiger partial charge in [-0.1, -0.05) is 12.1 Å². The summed E-state index contributed by atoms with van der Waals surface area (Å²) in [7, 11) is 6.71. The van der Waals surface area contributed by atoms with Crippen LogP contribution in [0.5, 0.6) is 11.5 Å². The minimum atomic E-state index is -0.428. The fraction of sp³-hybridized carbons (Fsp3) is 0.192. The third-order valence-electron chi connectivity index (χ3n) is 5.50. The van der Waals surface area contributed by atoms with Gasteiger partial charge >= 0.3 is 0 Å². The molecule has 2 aromatic carbocycles. The molecule has 2 heterocycles. The molecule has 0 saturated carbocycles. The number of nitrogens with one attached hydrogen (secondary N) is 1. The largest absolute Gasteiger partial charge is 0.493 e. The molecule has 1 N–H and O–H groups in total. The van der Waals surface area contributed by atoms with Gasteiger partial charge < -0.3 is 19.7 Å². The third kappa shape index (κ3) is 4.95. The van der Waals surface area contributed by atoms with E-state index in [4.69, 9.17) is 9.47 Å². The Balaban J connectivity index is 1.59. The Bertz CT molecular complexity index is 1420. The number of pyridine rings is 1. The summed E-state index contributed by atoms with van der Waals surface area (Å²) in [5, 5.41) is 5.21. The highest BCUT2D eigenvalue weighted by molar-refractivity contribution is 7.17. The Hall–Kier alpha value is -3.98. The molecular weight excluding hydrogens is 469 g/mol. The number of hydrogen-bond acceptors (Lipinski definition) is 7. The van der Waals surface area contributed by atoms with Crippen LogP contribution in [0.2, 0.25) is 0 Å². The van der Waals surface area contributed by atoms with Gasteiger partial charge in [-0.3, -0.25) is 9.59 Å². The van der Waals surface area contributed by atoms with Crippen molar-refractivity contribution in [2.75, 3.05) is 39.8 Å². The topological polar surface area (TPSA) is 80.8 Å². The monoisotopic (exact) mass is 493 g/mol. The van der Waals surface area contributed by atoms with E-state index >= 15 is 0 Å². The summed E-state index contributed by atoms with van der Waals surface area (Å²) in [6.45, 7) is -0.241. The molecule has 7 nitrogen and oxygen atoms in total. The van der Waals surface area contributed by atoms with Crippen LogP contribution in [0.4, 0.5) is 10.1 Å². The fourth-order valence-electron chi connectivity index (χ4n) is 3.61. The number of halogens is 1. The van der Waals surface area contributed by atoms with E-state index < -0.39 is 5.91 Å². The number of Topliss-reactive ketones (excluding diaryl/α,β-unsaturated/α-hetero) is 1. The molecule has 0 spiro atoms. The third-order valence-corrected chi connectivity index (χ3v) is 6.50. The average Bonchev–Trinajstić information content (AvgIpc) is 3.31. The number of aromatic nitrogens is 1. The zero-order valence-electron chi connectivity index (χ0n) is 19.7. The number of anilines is 1. The molecule has 0 saturated heterocycles. The Labute approximate surface area is 206 Å². The first kappa shape index (κ1) is 24.2. The molecule has 4 rings (SSSR count). The van der Waals surface area contributed by atoms with Crippen LogP contribution in [0.1, 0.15) is 20.8 Å². The molecule has 0 atom stereocenters. The van der Waals surface area contributed by atoms with Crippen LogP contribution in [0, 0.1) is 5.82 Å². The van der Waals surface area contributed by atoms with E-state index in [1.54, 1.807) is 30.3 Å². The molecule has 0 aliphatic rings. The maximum absolute atomic E-state index is 14.2. The number of thiophene rings is 1. The van der Waals surface area contributed by atoms with E-state index in [-0.39, 0.29) is 23.8 Å². The highest BCUT2D eigenvalue weighted by atomic mass is 32.1. The van der Waals surface area contributed by atoms with E-state index in [2.05, 4.69) is 10.3 Å². The summed E-state index contributed by atoms with van der Waals surface area (Å²) in [6, 6.07) is 13.2. The molecular formula is C26H24FN3O4S. The zero-order valence-corrected chi connectivity index (χ0v) is 20.5. The molecule has 1 amide bonds. The molecule has 0 aliphatic heterocycles. The zero-order chi connectivity index (χ0) is 25.1. The Morgan fingerprint density at radius 1 is 1.06 bits per heavy atom. The summed E-state index contributed by atoms with van der Waals surface area (Å²) < 4.78 is 25.2. The van der Waals surface area contributed by atoms with Crippen molar-refractivity contribution in [1.29, 1.82) is 0 Å². The number of carbonyl (C=O) groups excluding carboxylic acids is 2. The number of carbonyl (C=O) groups is 2. The van der Waals surface area contributed by atoms with Crippen molar-refractivity contribution in [3.8, 4) is 22.8 Å². The molecule has 0 unspecified atom stereocenters. The minimum Gasteiger partial charge on any atom is -0.493 e. The van der Waals surface area contributed by atoms with Gasteiger partial charge in [0.2, 0.25) is 0 Å². The van der Waals surface area contributed by atoms with Crippen molar-refractivity contribution >= 4 is 38.8 Å². The number of amides is 1. The van der Waals surface area contributed by atoms with Gasteiger partial charge in [-0.05, 0) is 36.4 Å². The average molecular weight is 494 g/mol. The highest BCUT2D eigenvalue weighted by Gasteiger charge is 2.18. The lowest BCUT2D eigenvalue weighted by Crippen LogP contribution is -2.30. The Morgan fingerprint density at radius 2 is 1.83 bits per heavy atom. The number of hydrogen-bond donors (Lipinski definition) is 1. The Kier molecular flexibility index (Phi) is 6.97. The summed E-state index contributed by atoms with van der Waals surface area (Å²) in [5.74, 6) is -0.164. The summed E-state index contributed by atoms with van der Waals surface area (Å²) >= 11 is 1.29. The van der Waals surface area contributed by atoms with Crippen LogP contribution in [0.3, 0.4) is 0 Å². The molecule has 0 bridgehead atoms. The standard InChI is InChI=1S/C26H24FN3O4S/c1-30(2)16-11-20(18-14-35-25-17(18)6-5-7-19(25)27)29-21(12-16)22(31)13-28-26(32)15-8-9-23(33-3)24(10-15)34-4/h5-12,14H,13H2,1-4H3,(H,28,32). The first-order chi connectivity index (χ1) is 16.8. The first-order valence-electron chi connectivity index (χ1n) is 10.7. The number of rotatable bonds is 8. The van der Waals surface area contributed by atoms with Crippen molar-refractivity contribution in [2.24, 2.45) is 0 Å². The van der Waals surface area contributed by atoms with Crippen LogP contribution in [0.15, 0.2) is 53.9 Å². The molecule has 180 valence electrons. The van der Waals surface area contributed by atoms with Gasteiger partial charge in [0.05, 0.1) is 31.2 Å². The lowest BCUT2D eigenvalue weighted by Gasteiger charge is -2.15. The normalized spacial score (nSPS) is 10.8. The van der Waals surface area contributed by atoms with Crippen LogP contribution in [0.25, 0.3) is 21.3 Å². The predicted molar refractivity (Wildman–Crippen MR) is 136 cm³/mol. The van der Waals surface area contributed by atoms with Crippen molar-refractivity contribution < 1.29 is 23.5 Å². The van der Waals surface area contributed by atoms with Crippen LogP contribution >= 0.6 is 11.3 Å². The van der Waals surface area contributed by atoms with Crippen LogP contribution in [-0.4, -0.2) is 51.5 Å². The summed E-state index contributed by atoms with van der Waals surface area (Å²) in [6.07, 6.45) is 0. The van der Waals surface area contributed by atoms with Gasteiger partial charge in [0.25, 0.3) is 5.91 Å². The van der Waals surface area contributed by atoms with Crippen molar-refractivity contribution in [3.63, 3.8) is 0 Å². The van der Waals surface area contributed by atoms with Gasteiger partial charge in [-0.2, -0.15) is 0 Å². The lowest BCUT2D eigenvalue weighted by molar-refractivity contribution is 0.0902. The molecule has 0 aliphatic carbocycles. The molecule has 4 aromatic rings. The van der Waals surface area contributed by atoms with Gasteiger partial charge in [-0.15, -0.1) is 11.3 Å². The smallest absolute Gasteiger partial charge is 0.251 e. The number of nitrogens with zero attached hydrogens (tertiary/aromatic N) is 2. The molecule has 35 heavy (non-hydrogen) atoms. The highest BCUT2D eigenvalue weighted by Crippen LogP contribution is 2.36. The number of ether oxygens (including phenoxy) is 2. The summed E-state index contributed by atoms with van der Waals surface area (Å²) in [4.78, 5) is 32.1. The van der Waals surface area contributed by atoms with E-state index in [9.17, 15) is 14.0 Å². The van der Waals surface area contributed by atoms with Gasteiger partial charge in [-0.25, -0.2) is 9.37 Å². The second kappa shape index (κ2) is 10.1. The number of fused-ring (bicyclic) bond motifs is 1.